The second-order valence-corrected chi connectivity index (χ2v) is 5.66. The number of hydrogen-bond donors (Lipinski definition) is 0. The molecular weight excluding hydrogens is 298 g/mol. The van der Waals surface area contributed by atoms with Gasteiger partial charge in [-0.05, 0) is 16.7 Å². The largest absolute Gasteiger partial charge is 0.339 e. The lowest BCUT2D eigenvalue weighted by Crippen LogP contribution is -2.07. The minimum Gasteiger partial charge on any atom is -0.317 e. The molecule has 0 atom stereocenters. The van der Waals surface area contributed by atoms with Crippen LogP contribution in [0.2, 0.25) is 0 Å². The zero-order valence-corrected chi connectivity index (χ0v) is 13.0. The van der Waals surface area contributed by atoms with E-state index in [-0.39, 0.29) is 12.4 Å². The van der Waals surface area contributed by atoms with Gasteiger partial charge in [-0.2, -0.15) is 0 Å². The van der Waals surface area contributed by atoms with Crippen LogP contribution >= 0.6 is 0 Å². The monoisotopic (exact) mass is 313 g/mol. The number of carbonyl (C=O) groups is 1. The Kier molecular flexibility index (Phi) is 3.67. The highest BCUT2D eigenvalue weighted by Gasteiger charge is 2.24. The summed E-state index contributed by atoms with van der Waals surface area (Å²) in [5.41, 5.74) is 5.84. The molecule has 0 fully saturated rings. The third kappa shape index (κ3) is 2.61. The van der Waals surface area contributed by atoms with E-state index in [1.807, 2.05) is 66.7 Å². The first-order valence-electron chi connectivity index (χ1n) is 7.84. The molecule has 3 nitrogen and oxygen atoms in total. The van der Waals surface area contributed by atoms with E-state index in [1.165, 1.54) is 0 Å². The van der Waals surface area contributed by atoms with Gasteiger partial charge < -0.3 is 4.84 Å². The highest BCUT2D eigenvalue weighted by atomic mass is 16.7. The van der Waals surface area contributed by atoms with Crippen LogP contribution in [-0.4, -0.2) is 11.7 Å². The Balaban J connectivity index is 1.62. The topological polar surface area (TPSA) is 38.7 Å². The summed E-state index contributed by atoms with van der Waals surface area (Å²) in [4.78, 5) is 17.3. The predicted molar refractivity (Wildman–Crippen MR) is 93.8 cm³/mol. The lowest BCUT2D eigenvalue weighted by Gasteiger charge is -2.02. The van der Waals surface area contributed by atoms with Crippen LogP contribution < -0.4 is 0 Å². The van der Waals surface area contributed by atoms with Crippen LogP contribution in [0.4, 0.5) is 0 Å². The van der Waals surface area contributed by atoms with Crippen molar-refractivity contribution in [3.8, 4) is 11.1 Å². The van der Waals surface area contributed by atoms with Crippen LogP contribution in [0, 0.1) is 0 Å². The van der Waals surface area contributed by atoms with Crippen molar-refractivity contribution >= 4 is 11.7 Å². The van der Waals surface area contributed by atoms with Crippen LogP contribution in [0.25, 0.3) is 11.1 Å². The first-order chi connectivity index (χ1) is 11.8. The maximum absolute atomic E-state index is 12.1. The van der Waals surface area contributed by atoms with Gasteiger partial charge in [0.15, 0.2) is 0 Å². The number of oxime groups is 1. The van der Waals surface area contributed by atoms with Gasteiger partial charge in [-0.25, -0.2) is 4.79 Å². The van der Waals surface area contributed by atoms with Crippen molar-refractivity contribution in [2.75, 3.05) is 0 Å². The molecule has 1 aliphatic rings. The molecular formula is C21H15NO2. The van der Waals surface area contributed by atoms with E-state index in [0.717, 1.165) is 27.8 Å². The third-order valence-electron chi connectivity index (χ3n) is 4.08. The van der Waals surface area contributed by atoms with E-state index < -0.39 is 0 Å². The van der Waals surface area contributed by atoms with Gasteiger partial charge in [0.25, 0.3) is 0 Å². The van der Waals surface area contributed by atoms with E-state index in [9.17, 15) is 4.79 Å². The van der Waals surface area contributed by atoms with E-state index in [0.29, 0.717) is 5.71 Å². The van der Waals surface area contributed by atoms with Gasteiger partial charge in [-0.15, -0.1) is 0 Å². The lowest BCUT2D eigenvalue weighted by molar-refractivity contribution is -0.142. The van der Waals surface area contributed by atoms with Crippen molar-refractivity contribution in [3.05, 3.63) is 95.6 Å². The van der Waals surface area contributed by atoms with Crippen LogP contribution in [0.5, 0.6) is 0 Å². The summed E-state index contributed by atoms with van der Waals surface area (Å²) < 4.78 is 0. The Labute approximate surface area is 140 Å². The average molecular weight is 313 g/mol. The average Bonchev–Trinajstić information content (AvgIpc) is 2.95. The number of carbonyl (C=O) groups excluding carboxylic acids is 1. The Hall–Kier alpha value is -3.20. The minimum absolute atomic E-state index is 0.209. The van der Waals surface area contributed by atoms with Gasteiger partial charge in [0.1, 0.15) is 5.71 Å². The zero-order valence-electron chi connectivity index (χ0n) is 13.0. The number of benzene rings is 3. The molecule has 4 rings (SSSR count). The van der Waals surface area contributed by atoms with Gasteiger partial charge in [0.05, 0.1) is 6.42 Å². The predicted octanol–water partition coefficient (Wildman–Crippen LogP) is 4.21. The molecule has 3 aromatic rings. The van der Waals surface area contributed by atoms with E-state index in [4.69, 9.17) is 4.84 Å². The van der Waals surface area contributed by atoms with E-state index in [1.54, 1.807) is 0 Å². The van der Waals surface area contributed by atoms with Gasteiger partial charge in [-0.3, -0.25) is 0 Å². The molecule has 0 radical (unpaired) electrons. The second kappa shape index (κ2) is 6.13. The van der Waals surface area contributed by atoms with Gasteiger partial charge in [0, 0.05) is 11.1 Å². The smallest absolute Gasteiger partial charge is 0.317 e. The first-order valence-corrected chi connectivity index (χ1v) is 7.84. The van der Waals surface area contributed by atoms with Gasteiger partial charge >= 0.3 is 5.97 Å². The molecule has 0 amide bonds. The molecule has 0 unspecified atom stereocenters. The first kappa shape index (κ1) is 14.4. The molecule has 116 valence electrons. The number of hydrogen-bond acceptors (Lipinski definition) is 3. The molecule has 0 saturated carbocycles. The molecule has 0 N–H and O–H groups in total. The fourth-order valence-corrected chi connectivity index (χ4v) is 2.98. The van der Waals surface area contributed by atoms with Crippen molar-refractivity contribution in [2.45, 2.75) is 6.42 Å². The standard InChI is InChI=1S/C21H15NO2/c23-20(14-15-8-2-1-3-9-15)24-22-21-18-12-6-4-10-16(18)17-11-5-7-13-19(17)21/h1-13H,14H2. The lowest BCUT2D eigenvalue weighted by atomic mass is 10.1. The SMILES string of the molecule is O=C(Cc1ccccc1)ON=C1c2ccccc2-c2ccccc21. The minimum atomic E-state index is -0.365. The summed E-state index contributed by atoms with van der Waals surface area (Å²) in [5, 5.41) is 4.17. The normalized spacial score (nSPS) is 11.6. The summed E-state index contributed by atoms with van der Waals surface area (Å²) in [5.74, 6) is -0.365. The van der Waals surface area contributed by atoms with Crippen molar-refractivity contribution in [1.29, 1.82) is 0 Å². The number of fused-ring (bicyclic) bond motifs is 3. The quantitative estimate of drug-likeness (QED) is 0.420. The zero-order chi connectivity index (χ0) is 16.4. The fourth-order valence-electron chi connectivity index (χ4n) is 2.98. The van der Waals surface area contributed by atoms with Gasteiger partial charge in [0.2, 0.25) is 0 Å². The maximum Gasteiger partial charge on any atom is 0.339 e. The van der Waals surface area contributed by atoms with Crippen molar-refractivity contribution in [1.82, 2.24) is 0 Å². The van der Waals surface area contributed by atoms with Crippen LogP contribution in [0.1, 0.15) is 16.7 Å². The highest BCUT2D eigenvalue weighted by molar-refractivity contribution is 6.24. The summed E-state index contributed by atoms with van der Waals surface area (Å²) >= 11 is 0. The van der Waals surface area contributed by atoms with E-state index in [2.05, 4.69) is 17.3 Å². The van der Waals surface area contributed by atoms with Crippen molar-refractivity contribution in [3.63, 3.8) is 0 Å². The molecule has 0 aliphatic heterocycles. The molecule has 3 aromatic carbocycles. The van der Waals surface area contributed by atoms with Crippen LogP contribution in [0.3, 0.4) is 0 Å². The van der Waals surface area contributed by atoms with E-state index >= 15 is 0 Å². The molecule has 0 aromatic heterocycles. The molecule has 3 heteroatoms. The highest BCUT2D eigenvalue weighted by Crippen LogP contribution is 2.36. The summed E-state index contributed by atoms with van der Waals surface area (Å²) in [6.45, 7) is 0. The molecule has 0 heterocycles. The molecule has 24 heavy (non-hydrogen) atoms. The second-order valence-electron chi connectivity index (χ2n) is 5.66. The summed E-state index contributed by atoms with van der Waals surface area (Å²) in [6.07, 6.45) is 0.209. The fraction of sp³-hybridized carbons (Fsp3) is 0.0476. The van der Waals surface area contributed by atoms with Crippen LogP contribution in [-0.2, 0) is 16.1 Å². The molecule has 0 saturated heterocycles. The van der Waals surface area contributed by atoms with Crippen molar-refractivity contribution < 1.29 is 9.63 Å². The Morgan fingerprint density at radius 3 is 1.79 bits per heavy atom. The summed E-state index contributed by atoms with van der Waals surface area (Å²) in [6, 6.07) is 25.6. The number of nitrogens with zero attached hydrogens (tertiary/aromatic N) is 1. The summed E-state index contributed by atoms with van der Waals surface area (Å²) in [7, 11) is 0. The van der Waals surface area contributed by atoms with Crippen LogP contribution in [0.15, 0.2) is 84.0 Å². The Bertz CT molecular complexity index is 882. The molecule has 0 bridgehead atoms. The maximum atomic E-state index is 12.1. The van der Waals surface area contributed by atoms with Crippen molar-refractivity contribution in [2.24, 2.45) is 5.16 Å². The number of rotatable bonds is 3. The third-order valence-corrected chi connectivity index (χ3v) is 4.08. The molecule has 1 aliphatic carbocycles. The molecule has 0 spiro atoms. The Morgan fingerprint density at radius 2 is 1.21 bits per heavy atom. The Morgan fingerprint density at radius 1 is 0.708 bits per heavy atom. The van der Waals surface area contributed by atoms with Gasteiger partial charge in [-0.1, -0.05) is 84.0 Å².